The molecule has 0 aliphatic rings. The fourth-order valence-electron chi connectivity index (χ4n) is 1.83. The van der Waals surface area contributed by atoms with Crippen molar-refractivity contribution in [2.24, 2.45) is 0 Å². The van der Waals surface area contributed by atoms with E-state index in [0.29, 0.717) is 18.3 Å². The van der Waals surface area contributed by atoms with E-state index in [0.717, 1.165) is 10.1 Å². The van der Waals surface area contributed by atoms with Crippen LogP contribution in [-0.4, -0.2) is 14.8 Å². The third-order valence-corrected chi connectivity index (χ3v) is 3.78. The summed E-state index contributed by atoms with van der Waals surface area (Å²) in [6.07, 6.45) is 1.76. The summed E-state index contributed by atoms with van der Waals surface area (Å²) in [6.45, 7) is 4.29. The highest BCUT2D eigenvalue weighted by atomic mass is 32.1. The Morgan fingerprint density at radius 2 is 2.21 bits per heavy atom. The maximum atomic E-state index is 12.2. The molecule has 19 heavy (non-hydrogen) atoms. The Hall–Kier alpha value is -1.95. The Kier molecular flexibility index (Phi) is 2.94. The molecule has 0 saturated carbocycles. The van der Waals surface area contributed by atoms with Crippen LogP contribution in [0.4, 0.5) is 0 Å². The molecule has 3 heterocycles. The highest BCUT2D eigenvalue weighted by Crippen LogP contribution is 2.16. The molecule has 98 valence electrons. The van der Waals surface area contributed by atoms with Gasteiger partial charge >= 0.3 is 0 Å². The van der Waals surface area contributed by atoms with E-state index < -0.39 is 0 Å². The fraction of sp³-hybridized carbons (Fsp3) is 0.308. The maximum Gasteiger partial charge on any atom is 0.268 e. The van der Waals surface area contributed by atoms with Gasteiger partial charge < -0.3 is 8.98 Å². The van der Waals surface area contributed by atoms with Crippen molar-refractivity contribution >= 4 is 21.4 Å². The number of thiophene rings is 1. The van der Waals surface area contributed by atoms with E-state index in [9.17, 15) is 4.79 Å². The minimum absolute atomic E-state index is 0.0169. The van der Waals surface area contributed by atoms with E-state index in [1.165, 1.54) is 11.3 Å². The van der Waals surface area contributed by atoms with Crippen molar-refractivity contribution in [3.63, 3.8) is 0 Å². The van der Waals surface area contributed by atoms with Crippen molar-refractivity contribution in [2.45, 2.75) is 26.3 Å². The summed E-state index contributed by atoms with van der Waals surface area (Å²) in [5, 5.41) is 10.8. The van der Waals surface area contributed by atoms with Crippen molar-refractivity contribution in [2.75, 3.05) is 0 Å². The number of fused-ring (bicyclic) bond motifs is 1. The zero-order valence-corrected chi connectivity index (χ0v) is 11.5. The molecule has 0 fully saturated rings. The lowest BCUT2D eigenvalue weighted by Crippen LogP contribution is -2.19. The Morgan fingerprint density at radius 1 is 1.37 bits per heavy atom. The van der Waals surface area contributed by atoms with Crippen molar-refractivity contribution < 1.29 is 4.42 Å². The lowest BCUT2D eigenvalue weighted by Gasteiger charge is -2.02. The number of pyridine rings is 1. The van der Waals surface area contributed by atoms with Crippen LogP contribution in [0.2, 0.25) is 0 Å². The topological polar surface area (TPSA) is 60.9 Å². The first-order valence-corrected chi connectivity index (χ1v) is 6.92. The van der Waals surface area contributed by atoms with Crippen molar-refractivity contribution in [3.8, 4) is 0 Å². The predicted octanol–water partition coefficient (Wildman–Crippen LogP) is 2.62. The summed E-state index contributed by atoms with van der Waals surface area (Å²) < 4.78 is 7.87. The van der Waals surface area contributed by atoms with Gasteiger partial charge in [0, 0.05) is 12.1 Å². The van der Waals surface area contributed by atoms with E-state index in [1.54, 1.807) is 10.8 Å². The smallest absolute Gasteiger partial charge is 0.268 e. The minimum atomic E-state index is -0.0169. The van der Waals surface area contributed by atoms with E-state index in [4.69, 9.17) is 4.42 Å². The SMILES string of the molecule is CC(C)c1nnc(Cn2ccc3ccsc3c2=O)o1. The van der Waals surface area contributed by atoms with E-state index in [2.05, 4.69) is 10.2 Å². The number of hydrogen-bond acceptors (Lipinski definition) is 5. The Bertz CT molecular complexity index is 769. The number of rotatable bonds is 3. The van der Waals surface area contributed by atoms with Gasteiger partial charge in [-0.2, -0.15) is 0 Å². The molecule has 0 saturated heterocycles. The molecule has 3 aromatic rings. The van der Waals surface area contributed by atoms with Gasteiger partial charge in [-0.25, -0.2) is 0 Å². The average molecular weight is 275 g/mol. The number of aromatic nitrogens is 3. The summed E-state index contributed by atoms with van der Waals surface area (Å²) in [6, 6.07) is 3.86. The third-order valence-electron chi connectivity index (χ3n) is 2.87. The first-order valence-electron chi connectivity index (χ1n) is 6.04. The lowest BCUT2D eigenvalue weighted by molar-refractivity contribution is 0.421. The van der Waals surface area contributed by atoms with Crippen LogP contribution in [0.5, 0.6) is 0 Å². The molecule has 0 atom stereocenters. The second-order valence-electron chi connectivity index (χ2n) is 4.64. The molecular weight excluding hydrogens is 262 g/mol. The normalized spacial score (nSPS) is 11.5. The molecule has 3 aromatic heterocycles. The van der Waals surface area contributed by atoms with Gasteiger partial charge in [-0.1, -0.05) is 13.8 Å². The zero-order valence-electron chi connectivity index (χ0n) is 10.7. The first kappa shape index (κ1) is 12.1. The van der Waals surface area contributed by atoms with Crippen molar-refractivity contribution in [1.82, 2.24) is 14.8 Å². The molecule has 6 heteroatoms. The van der Waals surface area contributed by atoms with E-state index in [1.807, 2.05) is 31.4 Å². The fourth-order valence-corrected chi connectivity index (χ4v) is 2.67. The standard InChI is InChI=1S/C13H13N3O2S/c1-8(2)12-15-14-10(18-12)7-16-5-3-9-4-6-19-11(9)13(16)17/h3-6,8H,7H2,1-2H3. The van der Waals surface area contributed by atoms with Gasteiger partial charge in [-0.15, -0.1) is 21.5 Å². The van der Waals surface area contributed by atoms with Crippen LogP contribution in [0.25, 0.3) is 10.1 Å². The van der Waals surface area contributed by atoms with Gasteiger partial charge in [-0.3, -0.25) is 4.79 Å². The summed E-state index contributed by atoms with van der Waals surface area (Å²) >= 11 is 1.45. The molecular formula is C13H13N3O2S. The van der Waals surface area contributed by atoms with Crippen LogP contribution >= 0.6 is 11.3 Å². The molecule has 0 bridgehead atoms. The highest BCUT2D eigenvalue weighted by Gasteiger charge is 2.11. The molecule has 0 amide bonds. The van der Waals surface area contributed by atoms with Gasteiger partial charge in [0.15, 0.2) is 0 Å². The lowest BCUT2D eigenvalue weighted by atomic mass is 10.2. The highest BCUT2D eigenvalue weighted by molar-refractivity contribution is 7.17. The van der Waals surface area contributed by atoms with Gasteiger partial charge in [0.05, 0.1) is 4.70 Å². The predicted molar refractivity (Wildman–Crippen MR) is 73.6 cm³/mol. The Labute approximate surface area is 113 Å². The molecule has 0 aromatic carbocycles. The Balaban J connectivity index is 1.96. The van der Waals surface area contributed by atoms with Crippen molar-refractivity contribution in [3.05, 3.63) is 45.8 Å². The van der Waals surface area contributed by atoms with E-state index in [-0.39, 0.29) is 11.5 Å². The average Bonchev–Trinajstić information content (AvgIpc) is 3.01. The van der Waals surface area contributed by atoms with Crippen LogP contribution in [0.1, 0.15) is 31.5 Å². The second kappa shape index (κ2) is 4.62. The quantitative estimate of drug-likeness (QED) is 0.737. The number of nitrogens with zero attached hydrogens (tertiary/aromatic N) is 3. The Morgan fingerprint density at radius 3 is 2.95 bits per heavy atom. The third kappa shape index (κ3) is 2.19. The summed E-state index contributed by atoms with van der Waals surface area (Å²) in [4.78, 5) is 12.2. The zero-order chi connectivity index (χ0) is 13.4. The molecule has 5 nitrogen and oxygen atoms in total. The van der Waals surface area contributed by atoms with Gasteiger partial charge in [0.25, 0.3) is 5.56 Å². The largest absolute Gasteiger partial charge is 0.423 e. The molecule has 0 radical (unpaired) electrons. The minimum Gasteiger partial charge on any atom is -0.423 e. The second-order valence-corrected chi connectivity index (χ2v) is 5.56. The van der Waals surface area contributed by atoms with Crippen LogP contribution in [0.15, 0.2) is 32.9 Å². The summed E-state index contributed by atoms with van der Waals surface area (Å²) in [5.41, 5.74) is -0.0169. The van der Waals surface area contributed by atoms with Crippen LogP contribution in [0.3, 0.4) is 0 Å². The van der Waals surface area contributed by atoms with Gasteiger partial charge in [-0.05, 0) is 22.9 Å². The summed E-state index contributed by atoms with van der Waals surface area (Å²) in [5.74, 6) is 1.25. The molecule has 0 N–H and O–H groups in total. The molecule has 3 rings (SSSR count). The van der Waals surface area contributed by atoms with Crippen LogP contribution in [-0.2, 0) is 6.54 Å². The first-order chi connectivity index (χ1) is 9.15. The van der Waals surface area contributed by atoms with Crippen LogP contribution < -0.4 is 5.56 Å². The molecule has 0 aliphatic heterocycles. The summed E-state index contributed by atoms with van der Waals surface area (Å²) in [7, 11) is 0. The number of hydrogen-bond donors (Lipinski definition) is 0. The van der Waals surface area contributed by atoms with E-state index >= 15 is 0 Å². The van der Waals surface area contributed by atoms with Crippen molar-refractivity contribution in [1.29, 1.82) is 0 Å². The van der Waals surface area contributed by atoms with Crippen LogP contribution in [0, 0.1) is 0 Å². The van der Waals surface area contributed by atoms with Gasteiger partial charge in [0.2, 0.25) is 11.8 Å². The monoisotopic (exact) mass is 275 g/mol. The maximum absolute atomic E-state index is 12.2. The molecule has 0 unspecified atom stereocenters. The van der Waals surface area contributed by atoms with Gasteiger partial charge in [0.1, 0.15) is 6.54 Å². The molecule has 0 aliphatic carbocycles. The molecule has 0 spiro atoms.